The zero-order valence-electron chi connectivity index (χ0n) is 60.1. The van der Waals surface area contributed by atoms with Gasteiger partial charge < -0.3 is 28.1 Å². The van der Waals surface area contributed by atoms with Gasteiger partial charge in [0.1, 0.15) is 0 Å². The van der Waals surface area contributed by atoms with Crippen LogP contribution in [0, 0.1) is 0 Å². The molecule has 0 atom stereocenters. The standard InChI is InChI=1S/C60H42N4.C44H28N2/c1-5-17-45(18-6-1)61(46-19-7-2-8-20-46)49-31-35-51(36-32-49)63-57-27-15-13-25-53(57)55-41-43(29-39-59(55)63)44-30-40-60-56(42-44)54-26-14-16-28-58(54)64(60)52-37-33-50(34-38-52)62(47-21-9-3-10-22-47)48-23-11-4-12-24-48;1-3-15-33-29(11-1)13-9-21-39(33)45-41-19-7-5-17-35(41)37-27-31(23-25-43(37)45)32-24-26-44-38(28-32)36-18-6-8-20-42(36)46(44)40-22-10-14-30-12-2-4-16-34(30)40/h1-42H;1-28H. The third kappa shape index (κ3) is 10.8. The van der Waals surface area contributed by atoms with Crippen molar-refractivity contribution in [3.05, 3.63) is 425 Å². The SMILES string of the molecule is c1ccc(N(c2ccccc2)c2ccc(-n3c4ccccc4c4cc(-c5ccc6c(c5)c5ccccc5n6-c5ccc(N(c6ccccc6)c6ccccc6)cc5)ccc43)cc2)cc1.c1ccc2c(-n3c4ccccc4c4cc(-c5ccc6c(c5)c5ccccc5n6-c5cccc6ccccc56)ccc43)cccc2c1. The Morgan fingerprint density at radius 2 is 0.373 bits per heavy atom. The van der Waals surface area contributed by atoms with Gasteiger partial charge in [-0.1, -0.05) is 243 Å². The number of aromatic nitrogens is 4. The summed E-state index contributed by atoms with van der Waals surface area (Å²) < 4.78 is 9.65. The van der Waals surface area contributed by atoms with Gasteiger partial charge in [0.25, 0.3) is 0 Å². The Labute approximate surface area is 636 Å². The fourth-order valence-electron chi connectivity index (χ4n) is 17.2. The first-order valence-electron chi connectivity index (χ1n) is 37.7. The van der Waals surface area contributed by atoms with Crippen LogP contribution in [0.2, 0.25) is 0 Å². The first-order valence-corrected chi connectivity index (χ1v) is 37.7. The van der Waals surface area contributed by atoms with Crippen molar-refractivity contribution in [2.24, 2.45) is 0 Å². The van der Waals surface area contributed by atoms with E-state index in [4.69, 9.17) is 0 Å². The minimum Gasteiger partial charge on any atom is -0.311 e. The molecule has 516 valence electrons. The van der Waals surface area contributed by atoms with Crippen LogP contribution in [0.25, 0.3) is 154 Å². The van der Waals surface area contributed by atoms with E-state index in [-0.39, 0.29) is 0 Å². The van der Waals surface area contributed by atoms with Crippen LogP contribution in [0.1, 0.15) is 0 Å². The highest BCUT2D eigenvalue weighted by molar-refractivity contribution is 6.16. The number of nitrogens with zero attached hydrogens (tertiary/aromatic N) is 6. The van der Waals surface area contributed by atoms with Crippen molar-refractivity contribution in [1.29, 1.82) is 0 Å². The van der Waals surface area contributed by atoms with Gasteiger partial charge in [-0.15, -0.1) is 0 Å². The van der Waals surface area contributed by atoms with Crippen LogP contribution < -0.4 is 9.80 Å². The van der Waals surface area contributed by atoms with E-state index in [0.29, 0.717) is 0 Å². The van der Waals surface area contributed by atoms with Crippen LogP contribution in [0.15, 0.2) is 425 Å². The van der Waals surface area contributed by atoms with Gasteiger partial charge in [-0.2, -0.15) is 0 Å². The molecule has 22 rings (SSSR count). The molecule has 110 heavy (non-hydrogen) atoms. The fourth-order valence-corrected chi connectivity index (χ4v) is 17.2. The van der Waals surface area contributed by atoms with E-state index in [1.54, 1.807) is 0 Å². The predicted molar refractivity (Wildman–Crippen MR) is 465 cm³/mol. The third-order valence-corrected chi connectivity index (χ3v) is 22.2. The quantitative estimate of drug-likeness (QED) is 0.122. The first kappa shape index (κ1) is 63.7. The summed E-state index contributed by atoms with van der Waals surface area (Å²) >= 11 is 0. The second-order valence-corrected chi connectivity index (χ2v) is 28.4. The van der Waals surface area contributed by atoms with Gasteiger partial charge in [0.15, 0.2) is 0 Å². The zero-order chi connectivity index (χ0) is 72.6. The molecule has 0 saturated heterocycles. The zero-order valence-corrected chi connectivity index (χ0v) is 60.1. The van der Waals surface area contributed by atoms with Gasteiger partial charge in [0.05, 0.1) is 55.5 Å². The number of hydrogen-bond acceptors (Lipinski definition) is 2. The van der Waals surface area contributed by atoms with Crippen molar-refractivity contribution in [2.45, 2.75) is 0 Å². The Morgan fingerprint density at radius 1 is 0.145 bits per heavy atom. The molecule has 6 nitrogen and oxygen atoms in total. The number of hydrogen-bond donors (Lipinski definition) is 0. The third-order valence-electron chi connectivity index (χ3n) is 22.2. The number of fused-ring (bicyclic) bond motifs is 14. The van der Waals surface area contributed by atoms with Crippen LogP contribution >= 0.6 is 0 Å². The first-order chi connectivity index (χ1) is 54.6. The topological polar surface area (TPSA) is 26.2 Å². The predicted octanol–water partition coefficient (Wildman–Crippen LogP) is 28.3. The van der Waals surface area contributed by atoms with E-state index in [1.165, 1.54) is 142 Å². The molecule has 6 heteroatoms. The summed E-state index contributed by atoms with van der Waals surface area (Å²) in [6.45, 7) is 0. The lowest BCUT2D eigenvalue weighted by molar-refractivity contribution is 1.17. The minimum absolute atomic E-state index is 1.11. The minimum atomic E-state index is 1.11. The van der Waals surface area contributed by atoms with E-state index < -0.39 is 0 Å². The molecule has 4 heterocycles. The lowest BCUT2D eigenvalue weighted by Gasteiger charge is -2.25. The number of anilines is 6. The summed E-state index contributed by atoms with van der Waals surface area (Å²) in [6.07, 6.45) is 0. The van der Waals surface area contributed by atoms with Crippen molar-refractivity contribution >= 4 is 143 Å². The van der Waals surface area contributed by atoms with Crippen molar-refractivity contribution in [2.75, 3.05) is 9.80 Å². The highest BCUT2D eigenvalue weighted by Crippen LogP contribution is 2.45. The lowest BCUT2D eigenvalue weighted by Crippen LogP contribution is -2.09. The maximum absolute atomic E-state index is 2.43. The van der Waals surface area contributed by atoms with E-state index in [1.807, 2.05) is 0 Å². The van der Waals surface area contributed by atoms with E-state index in [2.05, 4.69) is 453 Å². The molecule has 22 aromatic rings. The van der Waals surface area contributed by atoms with Crippen LogP contribution in [-0.4, -0.2) is 18.3 Å². The Morgan fingerprint density at radius 3 is 0.682 bits per heavy atom. The highest BCUT2D eigenvalue weighted by Gasteiger charge is 2.22. The molecule has 4 aromatic heterocycles. The fraction of sp³-hybridized carbons (Fsp3) is 0. The molecule has 0 amide bonds. The molecular formula is C104H70N6. The molecule has 18 aromatic carbocycles. The van der Waals surface area contributed by atoms with Crippen molar-refractivity contribution in [3.8, 4) is 45.0 Å². The van der Waals surface area contributed by atoms with E-state index >= 15 is 0 Å². The molecule has 0 aliphatic rings. The van der Waals surface area contributed by atoms with Crippen LogP contribution in [0.5, 0.6) is 0 Å². The van der Waals surface area contributed by atoms with Gasteiger partial charge >= 0.3 is 0 Å². The van der Waals surface area contributed by atoms with Gasteiger partial charge in [-0.05, 0) is 215 Å². The summed E-state index contributed by atoms with van der Waals surface area (Å²) in [4.78, 5) is 4.61. The van der Waals surface area contributed by atoms with E-state index in [9.17, 15) is 0 Å². The summed E-state index contributed by atoms with van der Waals surface area (Å²) in [5.41, 5.74) is 25.8. The largest absolute Gasteiger partial charge is 0.311 e. The van der Waals surface area contributed by atoms with Gasteiger partial charge in [0.2, 0.25) is 0 Å². The average molecular weight is 1400 g/mol. The molecule has 0 aliphatic heterocycles. The smallest absolute Gasteiger partial charge is 0.0541 e. The molecule has 0 bridgehead atoms. The second-order valence-electron chi connectivity index (χ2n) is 28.4. The molecule has 0 unspecified atom stereocenters. The Bertz CT molecular complexity index is 6730. The Hall–Kier alpha value is -14.7. The molecule has 0 radical (unpaired) electrons. The van der Waals surface area contributed by atoms with Gasteiger partial charge in [-0.25, -0.2) is 0 Å². The van der Waals surface area contributed by atoms with Crippen LogP contribution in [0.4, 0.5) is 34.1 Å². The molecule has 0 N–H and O–H groups in total. The van der Waals surface area contributed by atoms with Crippen LogP contribution in [0.3, 0.4) is 0 Å². The second kappa shape index (κ2) is 26.7. The monoisotopic (exact) mass is 1400 g/mol. The molecular weight excluding hydrogens is 1330 g/mol. The Kier molecular flexibility index (Phi) is 15.5. The van der Waals surface area contributed by atoms with Gasteiger partial charge in [0, 0.05) is 99.4 Å². The average Bonchev–Trinajstić information content (AvgIpc) is 1.58. The van der Waals surface area contributed by atoms with Crippen molar-refractivity contribution in [1.82, 2.24) is 18.3 Å². The summed E-state index contributed by atoms with van der Waals surface area (Å²) in [5, 5.41) is 15.0. The molecule has 0 fully saturated rings. The van der Waals surface area contributed by atoms with Crippen molar-refractivity contribution < 1.29 is 0 Å². The van der Waals surface area contributed by atoms with Gasteiger partial charge in [-0.3, -0.25) is 0 Å². The maximum Gasteiger partial charge on any atom is 0.0541 e. The maximum atomic E-state index is 2.43. The molecule has 0 aliphatic carbocycles. The molecule has 0 spiro atoms. The summed E-state index contributed by atoms with van der Waals surface area (Å²) in [6, 6.07) is 154. The number of benzene rings is 18. The Balaban J connectivity index is 0.000000147. The summed E-state index contributed by atoms with van der Waals surface area (Å²) in [5.74, 6) is 0. The lowest BCUT2D eigenvalue weighted by atomic mass is 10.0. The van der Waals surface area contributed by atoms with E-state index in [0.717, 1.165) is 45.5 Å². The molecule has 0 saturated carbocycles. The normalized spacial score (nSPS) is 11.6. The number of para-hydroxylation sites is 8. The van der Waals surface area contributed by atoms with Crippen LogP contribution in [-0.2, 0) is 0 Å². The summed E-state index contributed by atoms with van der Waals surface area (Å²) in [7, 11) is 0. The number of rotatable bonds is 12. The highest BCUT2D eigenvalue weighted by atomic mass is 15.1. The van der Waals surface area contributed by atoms with Crippen molar-refractivity contribution in [3.63, 3.8) is 0 Å².